The van der Waals surface area contributed by atoms with Crippen molar-refractivity contribution in [3.63, 3.8) is 0 Å². The van der Waals surface area contributed by atoms with Crippen molar-refractivity contribution < 1.29 is 9.47 Å². The lowest BCUT2D eigenvalue weighted by Gasteiger charge is -2.12. The fraction of sp³-hybridized carbons (Fsp3) is 0.250. The molecule has 0 aliphatic heterocycles. The fourth-order valence-corrected chi connectivity index (χ4v) is 1.49. The Morgan fingerprint density at radius 3 is 2.69 bits per heavy atom. The monoisotopic (exact) mass is 237 g/mol. The van der Waals surface area contributed by atoms with Gasteiger partial charge in [-0.05, 0) is 18.6 Å². The Labute approximate surface area is 99.9 Å². The van der Waals surface area contributed by atoms with E-state index in [0.29, 0.717) is 16.5 Å². The highest BCUT2D eigenvalue weighted by Crippen LogP contribution is 2.35. The van der Waals surface area contributed by atoms with Gasteiger partial charge in [0.2, 0.25) is 0 Å². The third kappa shape index (κ3) is 2.68. The van der Waals surface area contributed by atoms with Crippen molar-refractivity contribution in [1.29, 1.82) is 5.26 Å². The maximum atomic E-state index is 8.47. The molecular formula is C12H12ClNO2. The summed E-state index contributed by atoms with van der Waals surface area (Å²) in [6.07, 6.45) is 0. The van der Waals surface area contributed by atoms with Gasteiger partial charge in [0, 0.05) is 11.6 Å². The Balaban J connectivity index is 3.20. The minimum absolute atomic E-state index is 0.0249. The Morgan fingerprint density at radius 1 is 1.50 bits per heavy atom. The van der Waals surface area contributed by atoms with Gasteiger partial charge in [0.15, 0.2) is 6.61 Å². The van der Waals surface area contributed by atoms with E-state index >= 15 is 0 Å². The molecule has 0 radical (unpaired) electrons. The van der Waals surface area contributed by atoms with E-state index in [1.54, 1.807) is 19.2 Å². The number of hydrogen-bond acceptors (Lipinski definition) is 3. The molecular weight excluding hydrogens is 226 g/mol. The van der Waals surface area contributed by atoms with Crippen LogP contribution in [0.3, 0.4) is 0 Å². The number of methoxy groups -OCH3 is 1. The summed E-state index contributed by atoms with van der Waals surface area (Å²) in [5.74, 6) is 1.10. The molecule has 0 saturated heterocycles. The normalized spacial score (nSPS) is 9.38. The largest absolute Gasteiger partial charge is 0.495 e. The molecule has 0 aliphatic carbocycles. The van der Waals surface area contributed by atoms with Gasteiger partial charge in [0.1, 0.15) is 17.6 Å². The standard InChI is InChI=1S/C12H12ClNO2/c1-8(2)9-6-12(15-3)10(13)7-11(9)16-5-4-14/h6-7H,1,5H2,2-3H3. The van der Waals surface area contributed by atoms with Crippen molar-refractivity contribution in [2.75, 3.05) is 13.7 Å². The quantitative estimate of drug-likeness (QED) is 0.807. The zero-order valence-electron chi connectivity index (χ0n) is 9.21. The predicted molar refractivity (Wildman–Crippen MR) is 63.8 cm³/mol. The van der Waals surface area contributed by atoms with Crippen LogP contribution in [0.2, 0.25) is 5.02 Å². The lowest BCUT2D eigenvalue weighted by Crippen LogP contribution is -1.98. The van der Waals surface area contributed by atoms with Crippen molar-refractivity contribution >= 4 is 17.2 Å². The number of nitriles is 1. The predicted octanol–water partition coefficient (Wildman–Crippen LogP) is 3.28. The SMILES string of the molecule is C=C(C)c1cc(OC)c(Cl)cc1OCC#N. The van der Waals surface area contributed by atoms with Crippen molar-refractivity contribution in [3.05, 3.63) is 29.3 Å². The Morgan fingerprint density at radius 2 is 2.19 bits per heavy atom. The zero-order valence-corrected chi connectivity index (χ0v) is 9.97. The van der Waals surface area contributed by atoms with Gasteiger partial charge in [-0.3, -0.25) is 0 Å². The Bertz CT molecular complexity index is 449. The number of nitrogens with zero attached hydrogens (tertiary/aromatic N) is 1. The van der Waals surface area contributed by atoms with Crippen LogP contribution >= 0.6 is 11.6 Å². The molecule has 16 heavy (non-hydrogen) atoms. The van der Waals surface area contributed by atoms with Crippen LogP contribution < -0.4 is 9.47 Å². The van der Waals surface area contributed by atoms with Gasteiger partial charge in [-0.1, -0.05) is 18.2 Å². The van der Waals surface area contributed by atoms with Gasteiger partial charge < -0.3 is 9.47 Å². The van der Waals surface area contributed by atoms with E-state index in [9.17, 15) is 0 Å². The topological polar surface area (TPSA) is 42.2 Å². The van der Waals surface area contributed by atoms with E-state index in [-0.39, 0.29) is 6.61 Å². The van der Waals surface area contributed by atoms with Gasteiger partial charge in [0.05, 0.1) is 12.1 Å². The van der Waals surface area contributed by atoms with Crippen LogP contribution in [0.5, 0.6) is 11.5 Å². The van der Waals surface area contributed by atoms with Crippen LogP contribution in [-0.4, -0.2) is 13.7 Å². The summed E-state index contributed by atoms with van der Waals surface area (Å²) in [6.45, 7) is 5.66. The van der Waals surface area contributed by atoms with Crippen molar-refractivity contribution in [1.82, 2.24) is 0 Å². The van der Waals surface area contributed by atoms with Gasteiger partial charge >= 0.3 is 0 Å². The lowest BCUT2D eigenvalue weighted by atomic mass is 10.1. The molecule has 0 fully saturated rings. The number of allylic oxidation sites excluding steroid dienone is 1. The summed E-state index contributed by atoms with van der Waals surface area (Å²) < 4.78 is 10.4. The summed E-state index contributed by atoms with van der Waals surface area (Å²) in [5.41, 5.74) is 1.61. The molecule has 0 spiro atoms. The first-order valence-electron chi connectivity index (χ1n) is 4.63. The zero-order chi connectivity index (χ0) is 12.1. The average Bonchev–Trinajstić information content (AvgIpc) is 2.25. The van der Waals surface area contributed by atoms with Crippen LogP contribution in [0.15, 0.2) is 18.7 Å². The van der Waals surface area contributed by atoms with E-state index in [2.05, 4.69) is 6.58 Å². The second-order valence-electron chi connectivity index (χ2n) is 3.21. The highest BCUT2D eigenvalue weighted by Gasteiger charge is 2.10. The molecule has 0 heterocycles. The molecule has 3 nitrogen and oxygen atoms in total. The molecule has 1 rings (SSSR count). The van der Waals surface area contributed by atoms with Crippen molar-refractivity contribution in [2.24, 2.45) is 0 Å². The van der Waals surface area contributed by atoms with Crippen molar-refractivity contribution in [3.8, 4) is 17.6 Å². The summed E-state index contributed by atoms with van der Waals surface area (Å²) in [7, 11) is 1.54. The molecule has 0 unspecified atom stereocenters. The summed E-state index contributed by atoms with van der Waals surface area (Å²) in [4.78, 5) is 0. The minimum atomic E-state index is -0.0249. The van der Waals surface area contributed by atoms with Crippen LogP contribution in [-0.2, 0) is 0 Å². The summed E-state index contributed by atoms with van der Waals surface area (Å²) >= 11 is 5.97. The van der Waals surface area contributed by atoms with E-state index in [0.717, 1.165) is 11.1 Å². The summed E-state index contributed by atoms with van der Waals surface area (Å²) in [5, 5.41) is 8.92. The van der Waals surface area contributed by atoms with Crippen molar-refractivity contribution in [2.45, 2.75) is 6.92 Å². The molecule has 0 N–H and O–H groups in total. The van der Waals surface area contributed by atoms with Crippen LogP contribution in [0.1, 0.15) is 12.5 Å². The molecule has 0 amide bonds. The van der Waals surface area contributed by atoms with E-state index in [1.807, 2.05) is 13.0 Å². The first kappa shape index (κ1) is 12.4. The average molecular weight is 238 g/mol. The van der Waals surface area contributed by atoms with Crippen LogP contribution in [0.25, 0.3) is 5.57 Å². The van der Waals surface area contributed by atoms with E-state index < -0.39 is 0 Å². The van der Waals surface area contributed by atoms with Gasteiger partial charge in [0.25, 0.3) is 0 Å². The van der Waals surface area contributed by atoms with Gasteiger partial charge in [-0.15, -0.1) is 0 Å². The van der Waals surface area contributed by atoms with Crippen LogP contribution in [0, 0.1) is 11.3 Å². The minimum Gasteiger partial charge on any atom is -0.495 e. The highest BCUT2D eigenvalue weighted by molar-refractivity contribution is 6.32. The number of halogens is 1. The Kier molecular flexibility index (Phi) is 4.21. The van der Waals surface area contributed by atoms with E-state index in [4.69, 9.17) is 26.3 Å². The number of hydrogen-bond donors (Lipinski definition) is 0. The smallest absolute Gasteiger partial charge is 0.174 e. The molecule has 1 aromatic carbocycles. The summed E-state index contributed by atoms with van der Waals surface area (Å²) in [6, 6.07) is 5.28. The molecule has 0 bridgehead atoms. The van der Waals surface area contributed by atoms with Crippen LogP contribution in [0.4, 0.5) is 0 Å². The third-order valence-corrected chi connectivity index (χ3v) is 2.30. The maximum absolute atomic E-state index is 8.47. The molecule has 1 aromatic rings. The molecule has 84 valence electrons. The second-order valence-corrected chi connectivity index (χ2v) is 3.62. The van der Waals surface area contributed by atoms with Gasteiger partial charge in [-0.2, -0.15) is 5.26 Å². The first-order valence-corrected chi connectivity index (χ1v) is 5.01. The number of rotatable bonds is 4. The second kappa shape index (κ2) is 5.43. The maximum Gasteiger partial charge on any atom is 0.174 e. The third-order valence-electron chi connectivity index (χ3n) is 2.01. The number of ether oxygens (including phenoxy) is 2. The molecule has 0 atom stereocenters. The fourth-order valence-electron chi connectivity index (χ4n) is 1.25. The van der Waals surface area contributed by atoms with E-state index in [1.165, 1.54) is 0 Å². The first-order chi connectivity index (χ1) is 7.60. The molecule has 0 saturated carbocycles. The number of benzene rings is 1. The molecule has 4 heteroatoms. The van der Waals surface area contributed by atoms with Gasteiger partial charge in [-0.25, -0.2) is 0 Å². The highest BCUT2D eigenvalue weighted by atomic mass is 35.5. The Hall–Kier alpha value is -1.66. The lowest BCUT2D eigenvalue weighted by molar-refractivity contribution is 0.365. The molecule has 0 aromatic heterocycles. The molecule has 0 aliphatic rings.